The highest BCUT2D eigenvalue weighted by Crippen LogP contribution is 2.31. The van der Waals surface area contributed by atoms with Crippen molar-refractivity contribution in [1.82, 2.24) is 24.1 Å². The second-order valence-corrected chi connectivity index (χ2v) is 7.13. The minimum Gasteiger partial charge on any atom is -0.496 e. The number of fused-ring (bicyclic) bond motifs is 3. The molecule has 0 amide bonds. The summed E-state index contributed by atoms with van der Waals surface area (Å²) in [7, 11) is 1.66. The fourth-order valence-electron chi connectivity index (χ4n) is 3.83. The Balaban J connectivity index is 1.71. The van der Waals surface area contributed by atoms with Crippen molar-refractivity contribution in [3.63, 3.8) is 0 Å². The van der Waals surface area contributed by atoms with Gasteiger partial charge in [0.25, 0.3) is 0 Å². The van der Waals surface area contributed by atoms with E-state index in [1.165, 1.54) is 16.8 Å². The molecule has 0 aliphatic rings. The molecule has 0 saturated heterocycles. The van der Waals surface area contributed by atoms with Crippen LogP contribution in [0.2, 0.25) is 0 Å². The van der Waals surface area contributed by atoms with Crippen LogP contribution < -0.4 is 4.74 Å². The third kappa shape index (κ3) is 2.76. The molecule has 144 valence electrons. The normalized spacial score (nSPS) is 11.4. The van der Waals surface area contributed by atoms with Crippen molar-refractivity contribution in [3.05, 3.63) is 77.7 Å². The quantitative estimate of drug-likeness (QED) is 0.461. The van der Waals surface area contributed by atoms with Crippen molar-refractivity contribution in [2.24, 2.45) is 0 Å². The van der Waals surface area contributed by atoms with Gasteiger partial charge >= 0.3 is 0 Å². The summed E-state index contributed by atoms with van der Waals surface area (Å²) in [5.41, 5.74) is 6.20. The van der Waals surface area contributed by atoms with Gasteiger partial charge in [0.15, 0.2) is 11.5 Å². The van der Waals surface area contributed by atoms with Crippen molar-refractivity contribution in [2.45, 2.75) is 20.4 Å². The van der Waals surface area contributed by atoms with Crippen molar-refractivity contribution in [1.29, 1.82) is 0 Å². The zero-order valence-corrected chi connectivity index (χ0v) is 16.6. The Labute approximate surface area is 168 Å². The van der Waals surface area contributed by atoms with E-state index in [2.05, 4.69) is 47.8 Å². The maximum Gasteiger partial charge on any atom is 0.185 e. The number of para-hydroxylation sites is 1. The number of aromatic nitrogens is 5. The molecule has 6 nitrogen and oxygen atoms in total. The molecule has 0 atom stereocenters. The summed E-state index contributed by atoms with van der Waals surface area (Å²) >= 11 is 0. The molecule has 0 aliphatic carbocycles. The molecule has 0 aliphatic heterocycles. The number of ether oxygens (including phenoxy) is 1. The number of hydrogen-bond donors (Lipinski definition) is 0. The molecule has 0 spiro atoms. The number of nitrogens with zero attached hydrogens (tertiary/aromatic N) is 5. The van der Waals surface area contributed by atoms with E-state index < -0.39 is 0 Å². The van der Waals surface area contributed by atoms with Gasteiger partial charge in [0.2, 0.25) is 0 Å². The van der Waals surface area contributed by atoms with Gasteiger partial charge in [-0.15, -0.1) is 5.10 Å². The molecular weight excluding hydrogens is 362 g/mol. The Bertz CT molecular complexity index is 1330. The van der Waals surface area contributed by atoms with E-state index in [1.54, 1.807) is 18.0 Å². The minimum atomic E-state index is 0.629. The minimum absolute atomic E-state index is 0.629. The Morgan fingerprint density at radius 2 is 1.69 bits per heavy atom. The summed E-state index contributed by atoms with van der Waals surface area (Å²) in [6, 6.07) is 18.2. The largest absolute Gasteiger partial charge is 0.496 e. The van der Waals surface area contributed by atoms with Crippen LogP contribution >= 0.6 is 0 Å². The molecule has 5 aromatic rings. The highest BCUT2D eigenvalue weighted by Gasteiger charge is 2.19. The summed E-state index contributed by atoms with van der Waals surface area (Å²) in [5, 5.41) is 5.70. The van der Waals surface area contributed by atoms with Crippen LogP contribution in [-0.4, -0.2) is 31.3 Å². The molecule has 0 N–H and O–H groups in total. The van der Waals surface area contributed by atoms with Gasteiger partial charge in [0.1, 0.15) is 17.7 Å². The van der Waals surface area contributed by atoms with Gasteiger partial charge in [-0.2, -0.15) is 0 Å². The van der Waals surface area contributed by atoms with Gasteiger partial charge < -0.3 is 9.30 Å². The number of methoxy groups -OCH3 is 1. The first-order chi connectivity index (χ1) is 14.2. The maximum atomic E-state index is 5.49. The first-order valence-electron chi connectivity index (χ1n) is 9.55. The molecule has 2 aromatic carbocycles. The predicted octanol–water partition coefficient (Wildman–Crippen LogP) is 4.42. The molecule has 3 heterocycles. The van der Waals surface area contributed by atoms with Crippen LogP contribution in [0.15, 0.2) is 60.9 Å². The Morgan fingerprint density at radius 3 is 2.48 bits per heavy atom. The van der Waals surface area contributed by atoms with Crippen LogP contribution in [0, 0.1) is 13.8 Å². The van der Waals surface area contributed by atoms with Crippen molar-refractivity contribution < 1.29 is 4.74 Å². The molecule has 0 radical (unpaired) electrons. The van der Waals surface area contributed by atoms with E-state index >= 15 is 0 Å². The van der Waals surface area contributed by atoms with Crippen LogP contribution in [0.4, 0.5) is 0 Å². The SMILES string of the molecule is COc1ccccc1-c1nc2c3c(C)c(C)n(Cc4ccccc4)c3ncn2n1. The highest BCUT2D eigenvalue weighted by atomic mass is 16.5. The molecule has 0 unspecified atom stereocenters. The van der Waals surface area contributed by atoms with E-state index in [0.29, 0.717) is 5.82 Å². The third-order valence-electron chi connectivity index (χ3n) is 5.48. The zero-order chi connectivity index (χ0) is 20.0. The topological polar surface area (TPSA) is 57.2 Å². The van der Waals surface area contributed by atoms with E-state index in [1.807, 2.05) is 30.3 Å². The lowest BCUT2D eigenvalue weighted by molar-refractivity contribution is 0.416. The third-order valence-corrected chi connectivity index (χ3v) is 5.48. The average molecular weight is 383 g/mol. The van der Waals surface area contributed by atoms with Gasteiger partial charge in [-0.3, -0.25) is 0 Å². The van der Waals surface area contributed by atoms with Crippen molar-refractivity contribution in [2.75, 3.05) is 7.11 Å². The second-order valence-electron chi connectivity index (χ2n) is 7.13. The van der Waals surface area contributed by atoms with Crippen molar-refractivity contribution >= 4 is 16.7 Å². The number of aryl methyl sites for hydroxylation is 1. The molecule has 6 heteroatoms. The fraction of sp³-hybridized carbons (Fsp3) is 0.174. The average Bonchev–Trinajstić information content (AvgIpc) is 3.29. The van der Waals surface area contributed by atoms with Gasteiger partial charge in [-0.1, -0.05) is 42.5 Å². The Morgan fingerprint density at radius 1 is 0.931 bits per heavy atom. The maximum absolute atomic E-state index is 5.49. The molecule has 0 bridgehead atoms. The van der Waals surface area contributed by atoms with Gasteiger partial charge in [-0.05, 0) is 37.1 Å². The summed E-state index contributed by atoms with van der Waals surface area (Å²) in [5.74, 6) is 1.38. The van der Waals surface area contributed by atoms with Gasteiger partial charge in [0, 0.05) is 12.2 Å². The summed E-state index contributed by atoms with van der Waals surface area (Å²) < 4.78 is 9.49. The van der Waals surface area contributed by atoms with E-state index in [9.17, 15) is 0 Å². The molecule has 5 rings (SSSR count). The molecule has 0 saturated carbocycles. The van der Waals surface area contributed by atoms with Crippen LogP contribution in [0.5, 0.6) is 5.75 Å². The highest BCUT2D eigenvalue weighted by molar-refractivity contribution is 5.94. The lowest BCUT2D eigenvalue weighted by Gasteiger charge is -2.07. The summed E-state index contributed by atoms with van der Waals surface area (Å²) in [6.45, 7) is 5.03. The lowest BCUT2D eigenvalue weighted by Crippen LogP contribution is -2.03. The summed E-state index contributed by atoms with van der Waals surface area (Å²) in [6.07, 6.45) is 1.74. The van der Waals surface area contributed by atoms with E-state index in [4.69, 9.17) is 14.7 Å². The second kappa shape index (κ2) is 6.74. The molecular formula is C23H21N5O. The van der Waals surface area contributed by atoms with Crippen LogP contribution in [0.1, 0.15) is 16.8 Å². The molecule has 29 heavy (non-hydrogen) atoms. The molecule has 3 aromatic heterocycles. The fourth-order valence-corrected chi connectivity index (χ4v) is 3.83. The van der Waals surface area contributed by atoms with Crippen LogP contribution in [0.3, 0.4) is 0 Å². The predicted molar refractivity (Wildman–Crippen MR) is 113 cm³/mol. The van der Waals surface area contributed by atoms with E-state index in [-0.39, 0.29) is 0 Å². The van der Waals surface area contributed by atoms with Crippen molar-refractivity contribution in [3.8, 4) is 17.1 Å². The number of hydrogen-bond acceptors (Lipinski definition) is 4. The monoisotopic (exact) mass is 383 g/mol. The zero-order valence-electron chi connectivity index (χ0n) is 16.6. The first-order valence-corrected chi connectivity index (χ1v) is 9.55. The lowest BCUT2D eigenvalue weighted by atomic mass is 10.2. The van der Waals surface area contributed by atoms with Crippen LogP contribution in [0.25, 0.3) is 28.1 Å². The standard InChI is InChI=1S/C23H21N5O/c1-15-16(2)27(13-17-9-5-4-6-10-17)22-20(15)23-25-21(26-28(23)14-24-22)18-11-7-8-12-19(18)29-3/h4-12,14H,13H2,1-3H3. The van der Waals surface area contributed by atoms with Gasteiger partial charge in [-0.25, -0.2) is 14.5 Å². The Kier molecular flexibility index (Phi) is 4.05. The van der Waals surface area contributed by atoms with Gasteiger partial charge in [0.05, 0.1) is 18.1 Å². The van der Waals surface area contributed by atoms with Crippen LogP contribution in [-0.2, 0) is 6.54 Å². The number of rotatable bonds is 4. The van der Waals surface area contributed by atoms with E-state index in [0.717, 1.165) is 34.5 Å². The smallest absolute Gasteiger partial charge is 0.185 e. The first kappa shape index (κ1) is 17.4. The summed E-state index contributed by atoms with van der Waals surface area (Å²) in [4.78, 5) is 9.59. The number of benzene rings is 2. The molecule has 0 fully saturated rings. The Hall–Kier alpha value is -3.67.